The zero-order valence-electron chi connectivity index (χ0n) is 22.5. The number of rotatable bonds is 9. The summed E-state index contributed by atoms with van der Waals surface area (Å²) in [6, 6.07) is 14.3. The number of halogens is 4. The third-order valence-corrected chi connectivity index (χ3v) is 8.01. The highest BCUT2D eigenvalue weighted by atomic mass is 35.5. The lowest BCUT2D eigenvalue weighted by Gasteiger charge is -2.60. The minimum absolute atomic E-state index is 0.176. The van der Waals surface area contributed by atoms with Crippen molar-refractivity contribution in [2.45, 2.75) is 45.0 Å². The van der Waals surface area contributed by atoms with Crippen LogP contribution in [-0.4, -0.2) is 34.9 Å². The Labute approximate surface area is 241 Å². The zero-order valence-corrected chi connectivity index (χ0v) is 23.3. The number of aryl methyl sites for hydroxylation is 1. The number of nitrogen functional groups attached to an aromatic ring is 1. The number of carbonyl (C=O) groups excluding carboxylic acids is 1. The Kier molecular flexibility index (Phi) is 7.78. The fraction of sp³-hybridized carbons (Fsp3) is 0.333. The molecule has 0 radical (unpaired) electrons. The molecule has 2 heterocycles. The maximum absolute atomic E-state index is 13.1. The van der Waals surface area contributed by atoms with E-state index >= 15 is 0 Å². The number of allylic oxidation sites excluding steroid dienone is 2. The van der Waals surface area contributed by atoms with Crippen LogP contribution >= 0.6 is 11.6 Å². The van der Waals surface area contributed by atoms with Crippen molar-refractivity contribution in [3.05, 3.63) is 88.7 Å². The van der Waals surface area contributed by atoms with E-state index in [0.29, 0.717) is 35.3 Å². The molecule has 1 aliphatic heterocycles. The van der Waals surface area contributed by atoms with Crippen LogP contribution in [0.4, 0.5) is 24.8 Å². The summed E-state index contributed by atoms with van der Waals surface area (Å²) >= 11 is 6.09. The lowest BCUT2D eigenvalue weighted by molar-refractivity contribution is -0.274. The monoisotopic (exact) mass is 585 g/mol. The average molecular weight is 586 g/mol. The van der Waals surface area contributed by atoms with E-state index in [4.69, 9.17) is 17.3 Å². The second kappa shape index (κ2) is 11.2. The molecule has 2 fully saturated rings. The molecule has 1 aliphatic carbocycles. The number of amides is 1. The van der Waals surface area contributed by atoms with E-state index in [1.165, 1.54) is 29.0 Å². The minimum Gasteiger partial charge on any atom is -0.406 e. The number of nitrogens with one attached hydrogen (secondary N) is 1. The lowest BCUT2D eigenvalue weighted by Crippen LogP contribution is -2.61. The fourth-order valence-corrected chi connectivity index (χ4v) is 5.85. The number of benzene rings is 2. The molecule has 216 valence electrons. The summed E-state index contributed by atoms with van der Waals surface area (Å²) in [5.41, 5.74) is 10.3. The minimum atomic E-state index is -4.68. The number of nitrogens with zero attached hydrogens (tertiary/aromatic N) is 3. The highest BCUT2D eigenvalue weighted by Crippen LogP contribution is 2.56. The van der Waals surface area contributed by atoms with Crippen LogP contribution in [0.25, 0.3) is 6.20 Å². The van der Waals surface area contributed by atoms with Gasteiger partial charge in [0.05, 0.1) is 10.7 Å². The molecule has 2 aliphatic rings. The summed E-state index contributed by atoms with van der Waals surface area (Å²) in [5.74, 6) is 0.0357. The number of carbonyl (C=O) groups is 1. The standard InChI is InChI=1S/C30H31ClF3N5O2/c1-3-22(31)16-39-26(25(4-2)37-28(39)35)27(40)36-15-19-5-9-23(10-6-19)38-17-29(18-38)13-21(14-29)20-7-11-24(12-8-20)41-30(32,33)34/h3,5-12,16,21H,1,4,13-15,17-18H2,2H3,(H2,35,37)(H,36,40)/b22-16+. The average Bonchev–Trinajstić information content (AvgIpc) is 3.21. The first-order valence-electron chi connectivity index (χ1n) is 13.3. The first-order valence-corrected chi connectivity index (χ1v) is 13.7. The summed E-state index contributed by atoms with van der Waals surface area (Å²) in [5, 5.41) is 3.28. The molecule has 1 saturated carbocycles. The Hall–Kier alpha value is -3.92. The maximum Gasteiger partial charge on any atom is 0.573 e. The number of anilines is 2. The van der Waals surface area contributed by atoms with Crippen LogP contribution in [0.15, 0.2) is 66.2 Å². The molecule has 1 amide bonds. The number of hydrogen-bond donors (Lipinski definition) is 2. The van der Waals surface area contributed by atoms with Crippen molar-refractivity contribution in [2.75, 3.05) is 23.7 Å². The second-order valence-electron chi connectivity index (χ2n) is 10.6. The van der Waals surface area contributed by atoms with Gasteiger partial charge < -0.3 is 20.7 Å². The van der Waals surface area contributed by atoms with Gasteiger partial charge in [0, 0.05) is 36.9 Å². The van der Waals surface area contributed by atoms with Crippen LogP contribution in [-0.2, 0) is 13.0 Å². The van der Waals surface area contributed by atoms with Crippen molar-refractivity contribution in [1.29, 1.82) is 0 Å². The molecule has 3 N–H and O–H groups in total. The number of aromatic nitrogens is 2. The van der Waals surface area contributed by atoms with E-state index in [2.05, 4.69) is 38.6 Å². The molecule has 2 aromatic carbocycles. The normalized spacial score (nSPS) is 16.7. The van der Waals surface area contributed by atoms with Gasteiger partial charge in [-0.3, -0.25) is 9.36 Å². The number of imidazole rings is 1. The van der Waals surface area contributed by atoms with E-state index in [0.717, 1.165) is 42.7 Å². The molecule has 0 unspecified atom stereocenters. The quantitative estimate of drug-likeness (QED) is 0.281. The van der Waals surface area contributed by atoms with Crippen LogP contribution < -0.4 is 20.7 Å². The van der Waals surface area contributed by atoms with Crippen molar-refractivity contribution in [1.82, 2.24) is 14.9 Å². The molecule has 7 nitrogen and oxygen atoms in total. The summed E-state index contributed by atoms with van der Waals surface area (Å²) in [4.78, 5) is 19.7. The molecule has 0 atom stereocenters. The van der Waals surface area contributed by atoms with Crippen molar-refractivity contribution in [3.8, 4) is 5.75 Å². The Morgan fingerprint density at radius 2 is 1.85 bits per heavy atom. The smallest absolute Gasteiger partial charge is 0.406 e. The van der Waals surface area contributed by atoms with Gasteiger partial charge in [-0.25, -0.2) is 4.98 Å². The van der Waals surface area contributed by atoms with E-state index in [1.807, 2.05) is 19.1 Å². The first-order chi connectivity index (χ1) is 19.5. The Morgan fingerprint density at radius 3 is 2.44 bits per heavy atom. The Bertz CT molecular complexity index is 1450. The van der Waals surface area contributed by atoms with Gasteiger partial charge >= 0.3 is 6.36 Å². The molecule has 1 aromatic heterocycles. The van der Waals surface area contributed by atoms with E-state index in [1.54, 1.807) is 12.1 Å². The molecule has 1 saturated heterocycles. The van der Waals surface area contributed by atoms with Gasteiger partial charge in [-0.2, -0.15) is 0 Å². The van der Waals surface area contributed by atoms with Gasteiger partial charge in [0.25, 0.3) is 5.91 Å². The highest BCUT2D eigenvalue weighted by Gasteiger charge is 2.52. The van der Waals surface area contributed by atoms with Crippen molar-refractivity contribution < 1.29 is 22.7 Å². The lowest BCUT2D eigenvalue weighted by atomic mass is 9.56. The summed E-state index contributed by atoms with van der Waals surface area (Å²) in [7, 11) is 0. The third kappa shape index (κ3) is 6.22. The number of nitrogens with two attached hydrogens (primary N) is 1. The van der Waals surface area contributed by atoms with Crippen LogP contribution in [0.1, 0.15) is 53.0 Å². The van der Waals surface area contributed by atoms with Crippen LogP contribution in [0.5, 0.6) is 5.75 Å². The predicted octanol–water partition coefficient (Wildman–Crippen LogP) is 6.46. The largest absolute Gasteiger partial charge is 0.573 e. The molecule has 0 bridgehead atoms. The van der Waals surface area contributed by atoms with Crippen molar-refractivity contribution in [3.63, 3.8) is 0 Å². The van der Waals surface area contributed by atoms with Crippen LogP contribution in [0, 0.1) is 5.41 Å². The molecule has 5 rings (SSSR count). The maximum atomic E-state index is 13.1. The van der Waals surface area contributed by atoms with Gasteiger partial charge in [-0.15, -0.1) is 13.2 Å². The highest BCUT2D eigenvalue weighted by molar-refractivity contribution is 6.32. The van der Waals surface area contributed by atoms with Crippen molar-refractivity contribution in [2.24, 2.45) is 5.41 Å². The summed E-state index contributed by atoms with van der Waals surface area (Å²) < 4.78 is 42.6. The first kappa shape index (κ1) is 28.6. The summed E-state index contributed by atoms with van der Waals surface area (Å²) in [6.07, 6.45) is 0.864. The van der Waals surface area contributed by atoms with Gasteiger partial charge in [0.15, 0.2) is 0 Å². The van der Waals surface area contributed by atoms with Crippen molar-refractivity contribution >= 4 is 35.3 Å². The number of ether oxygens (including phenoxy) is 1. The van der Waals surface area contributed by atoms with E-state index in [-0.39, 0.29) is 23.0 Å². The third-order valence-electron chi connectivity index (χ3n) is 7.76. The van der Waals surface area contributed by atoms with Gasteiger partial charge in [0.1, 0.15) is 11.4 Å². The fourth-order valence-electron chi connectivity index (χ4n) is 5.75. The molecule has 11 heteroatoms. The van der Waals surface area contributed by atoms with Crippen LogP contribution in [0.3, 0.4) is 0 Å². The number of alkyl halides is 3. The van der Waals surface area contributed by atoms with E-state index < -0.39 is 6.36 Å². The van der Waals surface area contributed by atoms with Gasteiger partial charge in [-0.1, -0.05) is 49.4 Å². The molecule has 1 spiro atoms. The van der Waals surface area contributed by atoms with Gasteiger partial charge in [-0.05, 0) is 66.6 Å². The second-order valence-corrected chi connectivity index (χ2v) is 11.1. The molecule has 3 aromatic rings. The van der Waals surface area contributed by atoms with Crippen LogP contribution in [0.2, 0.25) is 0 Å². The Morgan fingerprint density at radius 1 is 1.20 bits per heavy atom. The predicted molar refractivity (Wildman–Crippen MR) is 154 cm³/mol. The molecule has 41 heavy (non-hydrogen) atoms. The Balaban J connectivity index is 1.12. The SMILES string of the molecule is C=C/C(Cl)=C\n1c(N)nc(CC)c1C(=O)NCc1ccc(N2CC3(CC(c4ccc(OC(F)(F)F)cc4)C3)C2)cc1. The molecular formula is C30H31ClF3N5O2. The summed E-state index contributed by atoms with van der Waals surface area (Å²) in [6.45, 7) is 7.76. The van der Waals surface area contributed by atoms with Gasteiger partial charge in [0.2, 0.25) is 5.95 Å². The molecular weight excluding hydrogens is 555 g/mol. The number of hydrogen-bond acceptors (Lipinski definition) is 5. The topological polar surface area (TPSA) is 85.4 Å². The van der Waals surface area contributed by atoms with E-state index in [9.17, 15) is 18.0 Å². The zero-order chi connectivity index (χ0) is 29.4.